The number of halogens is 1. The van der Waals surface area contributed by atoms with E-state index < -0.39 is 0 Å². The minimum Gasteiger partial charge on any atom is -0.495 e. The van der Waals surface area contributed by atoms with E-state index in [1.165, 1.54) is 0 Å². The van der Waals surface area contributed by atoms with Crippen LogP contribution in [-0.2, 0) is 11.2 Å². The second-order valence-corrected chi connectivity index (χ2v) is 8.09. The quantitative estimate of drug-likeness (QED) is 0.316. The number of ether oxygens (including phenoxy) is 1. The second kappa shape index (κ2) is 11.3. The molecule has 0 radical (unpaired) electrons. The van der Waals surface area contributed by atoms with E-state index in [4.69, 9.17) is 20.9 Å². The monoisotopic (exact) mass is 490 g/mol. The molecule has 4 rings (SSSR count). The first-order valence-corrected chi connectivity index (χ1v) is 11.3. The highest BCUT2D eigenvalue weighted by Crippen LogP contribution is 2.24. The summed E-state index contributed by atoms with van der Waals surface area (Å²) in [7, 11) is 1.54. The van der Waals surface area contributed by atoms with Gasteiger partial charge in [-0.2, -0.15) is 4.98 Å². The maximum atomic E-state index is 12.5. The zero-order valence-electron chi connectivity index (χ0n) is 19.0. The number of benzene rings is 3. The third-order valence-corrected chi connectivity index (χ3v) is 5.40. The molecular formula is C26H23ClN4O4. The lowest BCUT2D eigenvalue weighted by atomic mass is 10.1. The third-order valence-electron chi connectivity index (χ3n) is 5.15. The van der Waals surface area contributed by atoms with Crippen LogP contribution in [0.2, 0.25) is 5.02 Å². The summed E-state index contributed by atoms with van der Waals surface area (Å²) in [6, 6.07) is 21.0. The summed E-state index contributed by atoms with van der Waals surface area (Å²) in [6.45, 7) is 0. The molecule has 0 spiro atoms. The number of methoxy groups -OCH3 is 1. The molecule has 8 nitrogen and oxygen atoms in total. The number of rotatable bonds is 9. The number of para-hydroxylation sites is 2. The summed E-state index contributed by atoms with van der Waals surface area (Å²) in [5.74, 6) is 1.11. The molecule has 178 valence electrons. The van der Waals surface area contributed by atoms with Gasteiger partial charge in [0.15, 0.2) is 0 Å². The Kier molecular flexibility index (Phi) is 7.74. The summed E-state index contributed by atoms with van der Waals surface area (Å²) in [4.78, 5) is 29.2. The Labute approximate surface area is 207 Å². The van der Waals surface area contributed by atoms with Crippen molar-refractivity contribution in [3.63, 3.8) is 0 Å². The van der Waals surface area contributed by atoms with Gasteiger partial charge in [-0.1, -0.05) is 28.9 Å². The Hall–Kier alpha value is -4.17. The van der Waals surface area contributed by atoms with Crippen LogP contribution in [0.5, 0.6) is 5.75 Å². The van der Waals surface area contributed by atoms with Crippen molar-refractivity contribution in [3.05, 3.63) is 89.3 Å². The van der Waals surface area contributed by atoms with Crippen molar-refractivity contribution in [1.82, 2.24) is 10.1 Å². The number of aryl methyl sites for hydroxylation is 1. The highest BCUT2D eigenvalue weighted by Gasteiger charge is 2.12. The SMILES string of the molecule is COc1ccccc1NC(=O)c1ccc(NC(=O)CCCc2nc(-c3ccc(Cl)cc3)no2)cc1. The van der Waals surface area contributed by atoms with Crippen molar-refractivity contribution in [1.29, 1.82) is 0 Å². The van der Waals surface area contributed by atoms with Crippen molar-refractivity contribution in [3.8, 4) is 17.1 Å². The molecule has 0 atom stereocenters. The molecule has 0 unspecified atom stereocenters. The molecule has 9 heteroatoms. The van der Waals surface area contributed by atoms with E-state index in [-0.39, 0.29) is 18.2 Å². The van der Waals surface area contributed by atoms with Crippen molar-refractivity contribution in [2.45, 2.75) is 19.3 Å². The number of carbonyl (C=O) groups is 2. The Morgan fingerprint density at radius 3 is 2.46 bits per heavy atom. The molecule has 0 saturated heterocycles. The zero-order valence-corrected chi connectivity index (χ0v) is 19.7. The average Bonchev–Trinajstić information content (AvgIpc) is 3.34. The minimum atomic E-state index is -0.273. The molecular weight excluding hydrogens is 468 g/mol. The smallest absolute Gasteiger partial charge is 0.255 e. The predicted molar refractivity (Wildman–Crippen MR) is 134 cm³/mol. The highest BCUT2D eigenvalue weighted by atomic mass is 35.5. The molecule has 35 heavy (non-hydrogen) atoms. The number of aromatic nitrogens is 2. The van der Waals surface area contributed by atoms with E-state index in [9.17, 15) is 9.59 Å². The topological polar surface area (TPSA) is 106 Å². The second-order valence-electron chi connectivity index (χ2n) is 7.65. The zero-order chi connectivity index (χ0) is 24.6. The van der Waals surface area contributed by atoms with Crippen LogP contribution in [0.15, 0.2) is 77.3 Å². The Bertz CT molecular complexity index is 1300. The molecule has 2 N–H and O–H groups in total. The molecule has 0 fully saturated rings. The molecule has 0 bridgehead atoms. The summed E-state index contributed by atoms with van der Waals surface area (Å²) in [5, 5.41) is 10.3. The number of nitrogens with zero attached hydrogens (tertiary/aromatic N) is 2. The Morgan fingerprint density at radius 2 is 1.71 bits per heavy atom. The molecule has 1 aromatic heterocycles. The van der Waals surface area contributed by atoms with Crippen molar-refractivity contribution in [2.24, 2.45) is 0 Å². The fourth-order valence-corrected chi connectivity index (χ4v) is 3.47. The summed E-state index contributed by atoms with van der Waals surface area (Å²) < 4.78 is 10.5. The fourth-order valence-electron chi connectivity index (χ4n) is 3.34. The molecule has 4 aromatic rings. The van der Waals surface area contributed by atoms with E-state index in [1.54, 1.807) is 55.6 Å². The average molecular weight is 491 g/mol. The van der Waals surface area contributed by atoms with Gasteiger partial charge in [0.05, 0.1) is 12.8 Å². The summed E-state index contributed by atoms with van der Waals surface area (Å²) in [5.41, 5.74) is 2.45. The lowest BCUT2D eigenvalue weighted by Crippen LogP contribution is -2.14. The Morgan fingerprint density at radius 1 is 0.971 bits per heavy atom. The molecule has 3 aromatic carbocycles. The molecule has 0 aliphatic carbocycles. The largest absolute Gasteiger partial charge is 0.495 e. The van der Waals surface area contributed by atoms with Crippen LogP contribution in [0.25, 0.3) is 11.4 Å². The van der Waals surface area contributed by atoms with Crippen LogP contribution in [-0.4, -0.2) is 29.1 Å². The number of hydrogen-bond acceptors (Lipinski definition) is 6. The van der Waals surface area contributed by atoms with Gasteiger partial charge in [-0.05, 0) is 67.1 Å². The van der Waals surface area contributed by atoms with Crippen LogP contribution in [0, 0.1) is 0 Å². The number of carbonyl (C=O) groups excluding carboxylic acids is 2. The van der Waals surface area contributed by atoms with Gasteiger partial charge in [-0.15, -0.1) is 0 Å². The van der Waals surface area contributed by atoms with Gasteiger partial charge in [-0.3, -0.25) is 9.59 Å². The lowest BCUT2D eigenvalue weighted by Gasteiger charge is -2.10. The van der Waals surface area contributed by atoms with Crippen molar-refractivity contribution >= 4 is 34.8 Å². The maximum absolute atomic E-state index is 12.5. The van der Waals surface area contributed by atoms with E-state index in [0.717, 1.165) is 5.56 Å². The molecule has 0 aliphatic rings. The van der Waals surface area contributed by atoms with Crippen molar-refractivity contribution in [2.75, 3.05) is 17.7 Å². The number of hydrogen-bond donors (Lipinski definition) is 2. The van der Waals surface area contributed by atoms with Gasteiger partial charge in [-0.25, -0.2) is 0 Å². The predicted octanol–water partition coefficient (Wildman–Crippen LogP) is 5.61. The van der Waals surface area contributed by atoms with E-state index >= 15 is 0 Å². The highest BCUT2D eigenvalue weighted by molar-refractivity contribution is 6.30. The van der Waals surface area contributed by atoms with Gasteiger partial charge in [0.25, 0.3) is 5.91 Å². The standard InChI is InChI=1S/C26H23ClN4O4/c1-34-22-6-3-2-5-21(22)29-26(33)18-11-15-20(16-12-18)28-23(32)7-4-8-24-30-25(31-35-24)17-9-13-19(27)14-10-17/h2-3,5-6,9-16H,4,7-8H2,1H3,(H,28,32)(H,29,33). The molecule has 0 aliphatic heterocycles. The summed E-state index contributed by atoms with van der Waals surface area (Å²) in [6.07, 6.45) is 1.32. The number of anilines is 2. The van der Waals surface area contributed by atoms with E-state index in [0.29, 0.717) is 52.3 Å². The van der Waals surface area contributed by atoms with Crippen LogP contribution < -0.4 is 15.4 Å². The molecule has 2 amide bonds. The van der Waals surface area contributed by atoms with Gasteiger partial charge in [0.1, 0.15) is 5.75 Å². The van der Waals surface area contributed by atoms with Crippen LogP contribution >= 0.6 is 11.6 Å². The normalized spacial score (nSPS) is 10.6. The van der Waals surface area contributed by atoms with Crippen LogP contribution in [0.4, 0.5) is 11.4 Å². The van der Waals surface area contributed by atoms with Crippen LogP contribution in [0.3, 0.4) is 0 Å². The number of amides is 2. The molecule has 0 saturated carbocycles. The summed E-state index contributed by atoms with van der Waals surface area (Å²) >= 11 is 5.90. The lowest BCUT2D eigenvalue weighted by molar-refractivity contribution is -0.116. The van der Waals surface area contributed by atoms with Gasteiger partial charge >= 0.3 is 0 Å². The van der Waals surface area contributed by atoms with Crippen molar-refractivity contribution < 1.29 is 18.8 Å². The van der Waals surface area contributed by atoms with Crippen LogP contribution in [0.1, 0.15) is 29.1 Å². The first-order chi connectivity index (χ1) is 17.0. The van der Waals surface area contributed by atoms with E-state index in [1.807, 2.05) is 24.3 Å². The van der Waals surface area contributed by atoms with Gasteiger partial charge < -0.3 is 19.9 Å². The maximum Gasteiger partial charge on any atom is 0.255 e. The molecule has 1 heterocycles. The van der Waals surface area contributed by atoms with Gasteiger partial charge in [0, 0.05) is 34.7 Å². The van der Waals surface area contributed by atoms with E-state index in [2.05, 4.69) is 20.8 Å². The van der Waals surface area contributed by atoms with Gasteiger partial charge in [0.2, 0.25) is 17.6 Å². The Balaban J connectivity index is 1.24. The first kappa shape index (κ1) is 24.0. The first-order valence-electron chi connectivity index (χ1n) is 10.9. The minimum absolute atomic E-state index is 0.145. The number of nitrogens with one attached hydrogen (secondary N) is 2. The fraction of sp³-hybridized carbons (Fsp3) is 0.154. The third kappa shape index (κ3) is 6.45.